The van der Waals surface area contributed by atoms with E-state index < -0.39 is 5.60 Å². The lowest BCUT2D eigenvalue weighted by Crippen LogP contribution is -2.23. The standard InChI is InChI=1S/C37H39NO5/c1-37(2,3)43-35(39)24-15-17-31-32(21-24)38-22-26(28-13-9-10-14-30(28)36(40)42-5)19-25-20-27(41-4)16-18-29(25)34(38)33(31)23-11-7-6-8-12-23/h9-10,13-21,23H,6-8,11-12,22H2,1-5H3. The lowest BCUT2D eigenvalue weighted by molar-refractivity contribution is 0.00694. The molecule has 4 aromatic rings. The highest BCUT2D eigenvalue weighted by molar-refractivity contribution is 6.03. The van der Waals surface area contributed by atoms with E-state index in [9.17, 15) is 9.59 Å². The number of esters is 2. The summed E-state index contributed by atoms with van der Waals surface area (Å²) in [5.41, 5.74) is 7.88. The van der Waals surface area contributed by atoms with Crippen molar-refractivity contribution in [1.82, 2.24) is 4.57 Å². The maximum Gasteiger partial charge on any atom is 0.338 e. The summed E-state index contributed by atoms with van der Waals surface area (Å²) >= 11 is 0. The molecule has 6 nitrogen and oxygen atoms in total. The normalized spacial score (nSPS) is 15.2. The lowest BCUT2D eigenvalue weighted by atomic mass is 9.81. The second-order valence-electron chi connectivity index (χ2n) is 12.6. The maximum absolute atomic E-state index is 13.2. The van der Waals surface area contributed by atoms with Crippen LogP contribution in [0.4, 0.5) is 0 Å². The molecule has 0 spiro atoms. The average Bonchev–Trinajstić information content (AvgIpc) is 3.22. The Morgan fingerprint density at radius 1 is 0.860 bits per heavy atom. The molecule has 1 aliphatic heterocycles. The highest BCUT2D eigenvalue weighted by Gasteiger charge is 2.31. The zero-order chi connectivity index (χ0) is 30.3. The second-order valence-corrected chi connectivity index (χ2v) is 12.6. The zero-order valence-corrected chi connectivity index (χ0v) is 25.7. The third kappa shape index (κ3) is 5.47. The van der Waals surface area contributed by atoms with Crippen LogP contribution in [0.2, 0.25) is 0 Å². The SMILES string of the molecule is COC(=O)c1ccccc1C1=Cc2cc(OC)ccc2-c2c(C3CCCCC3)c3ccc(C(=O)OC(C)(C)C)cc3n2C1. The second kappa shape index (κ2) is 11.4. The summed E-state index contributed by atoms with van der Waals surface area (Å²) in [6.07, 6.45) is 8.11. The van der Waals surface area contributed by atoms with Gasteiger partial charge in [0.2, 0.25) is 0 Å². The smallest absolute Gasteiger partial charge is 0.338 e. The summed E-state index contributed by atoms with van der Waals surface area (Å²) in [6, 6.07) is 19.8. The Labute approximate surface area is 253 Å². The van der Waals surface area contributed by atoms with Crippen molar-refractivity contribution in [2.75, 3.05) is 14.2 Å². The van der Waals surface area contributed by atoms with Gasteiger partial charge < -0.3 is 18.8 Å². The molecule has 0 N–H and O–H groups in total. The van der Waals surface area contributed by atoms with Crippen LogP contribution in [-0.2, 0) is 16.0 Å². The van der Waals surface area contributed by atoms with Crippen molar-refractivity contribution in [1.29, 1.82) is 0 Å². The lowest BCUT2D eigenvalue weighted by Gasteiger charge is -2.24. The Kier molecular flexibility index (Phi) is 7.63. The van der Waals surface area contributed by atoms with Crippen LogP contribution in [-0.4, -0.2) is 36.3 Å². The number of ether oxygens (including phenoxy) is 3. The van der Waals surface area contributed by atoms with Gasteiger partial charge in [0.25, 0.3) is 0 Å². The van der Waals surface area contributed by atoms with Crippen molar-refractivity contribution in [2.45, 2.75) is 70.9 Å². The van der Waals surface area contributed by atoms with Gasteiger partial charge in [-0.1, -0.05) is 43.5 Å². The molecule has 0 bridgehead atoms. The summed E-state index contributed by atoms with van der Waals surface area (Å²) < 4.78 is 18.9. The van der Waals surface area contributed by atoms with Crippen molar-refractivity contribution in [3.05, 3.63) is 88.5 Å². The van der Waals surface area contributed by atoms with Crippen molar-refractivity contribution in [3.63, 3.8) is 0 Å². The molecular weight excluding hydrogens is 538 g/mol. The molecule has 0 atom stereocenters. The number of carbonyl (C=O) groups is 2. The Morgan fingerprint density at radius 2 is 1.63 bits per heavy atom. The van der Waals surface area contributed by atoms with E-state index in [1.807, 2.05) is 63.2 Å². The molecule has 2 aliphatic rings. The molecule has 6 rings (SSSR count). The number of aromatic nitrogens is 1. The minimum Gasteiger partial charge on any atom is -0.497 e. The number of benzene rings is 3. The fourth-order valence-electron chi connectivity index (χ4n) is 6.72. The van der Waals surface area contributed by atoms with E-state index in [1.165, 1.54) is 43.0 Å². The summed E-state index contributed by atoms with van der Waals surface area (Å²) in [4.78, 5) is 26.1. The molecule has 1 saturated carbocycles. The van der Waals surface area contributed by atoms with E-state index in [0.717, 1.165) is 46.4 Å². The topological polar surface area (TPSA) is 66.8 Å². The van der Waals surface area contributed by atoms with Crippen molar-refractivity contribution < 1.29 is 23.8 Å². The molecule has 0 saturated heterocycles. The molecule has 3 aromatic carbocycles. The largest absolute Gasteiger partial charge is 0.497 e. The van der Waals surface area contributed by atoms with Gasteiger partial charge in [-0.15, -0.1) is 0 Å². The third-order valence-electron chi connectivity index (χ3n) is 8.60. The highest BCUT2D eigenvalue weighted by Crippen LogP contribution is 2.48. The van der Waals surface area contributed by atoms with Gasteiger partial charge in [0.1, 0.15) is 11.4 Å². The predicted molar refractivity (Wildman–Crippen MR) is 171 cm³/mol. The summed E-state index contributed by atoms with van der Waals surface area (Å²) in [5, 5.41) is 1.17. The molecule has 0 amide bonds. The molecule has 222 valence electrons. The van der Waals surface area contributed by atoms with Crippen LogP contribution < -0.4 is 4.74 Å². The maximum atomic E-state index is 13.2. The Balaban J connectivity index is 1.64. The zero-order valence-electron chi connectivity index (χ0n) is 25.7. The van der Waals surface area contributed by atoms with Crippen LogP contribution in [0.1, 0.15) is 96.2 Å². The first-order chi connectivity index (χ1) is 20.7. The first-order valence-corrected chi connectivity index (χ1v) is 15.1. The summed E-state index contributed by atoms with van der Waals surface area (Å²) in [6.45, 7) is 6.17. The van der Waals surface area contributed by atoms with Crippen molar-refractivity contribution >= 4 is 34.5 Å². The Morgan fingerprint density at radius 3 is 2.35 bits per heavy atom. The van der Waals surface area contributed by atoms with Gasteiger partial charge in [-0.25, -0.2) is 9.59 Å². The van der Waals surface area contributed by atoms with E-state index >= 15 is 0 Å². The van der Waals surface area contributed by atoms with Crippen LogP contribution in [0.15, 0.2) is 60.7 Å². The minimum atomic E-state index is -0.596. The molecular formula is C37H39NO5. The number of fused-ring (bicyclic) bond motifs is 5. The van der Waals surface area contributed by atoms with E-state index in [-0.39, 0.29) is 11.9 Å². The molecule has 1 fully saturated rings. The van der Waals surface area contributed by atoms with Crippen molar-refractivity contribution in [3.8, 4) is 17.0 Å². The third-order valence-corrected chi connectivity index (χ3v) is 8.60. The van der Waals surface area contributed by atoms with Gasteiger partial charge in [0, 0.05) is 23.0 Å². The highest BCUT2D eigenvalue weighted by atomic mass is 16.6. The van der Waals surface area contributed by atoms with Crippen LogP contribution in [0.5, 0.6) is 5.75 Å². The van der Waals surface area contributed by atoms with Gasteiger partial charge in [-0.05, 0) is 104 Å². The average molecular weight is 578 g/mol. The number of hydrogen-bond acceptors (Lipinski definition) is 5. The van der Waals surface area contributed by atoms with Crippen LogP contribution >= 0.6 is 0 Å². The number of rotatable bonds is 5. The van der Waals surface area contributed by atoms with Crippen LogP contribution in [0, 0.1) is 0 Å². The van der Waals surface area contributed by atoms with Gasteiger partial charge in [0.15, 0.2) is 0 Å². The summed E-state index contributed by atoms with van der Waals surface area (Å²) in [7, 11) is 3.09. The molecule has 6 heteroatoms. The molecule has 0 radical (unpaired) electrons. The first kappa shape index (κ1) is 28.8. The van der Waals surface area contributed by atoms with Crippen molar-refractivity contribution in [2.24, 2.45) is 0 Å². The van der Waals surface area contributed by atoms with E-state index in [1.54, 1.807) is 7.11 Å². The monoisotopic (exact) mass is 577 g/mol. The Hall–Kier alpha value is -4.32. The van der Waals surface area contributed by atoms with Gasteiger partial charge in [0.05, 0.1) is 31.0 Å². The molecule has 0 unspecified atom stereocenters. The van der Waals surface area contributed by atoms with Gasteiger partial charge >= 0.3 is 11.9 Å². The first-order valence-electron chi connectivity index (χ1n) is 15.1. The van der Waals surface area contributed by atoms with Gasteiger partial charge in [-0.3, -0.25) is 0 Å². The molecule has 1 aromatic heterocycles. The predicted octanol–water partition coefficient (Wildman–Crippen LogP) is 8.66. The van der Waals surface area contributed by atoms with Gasteiger partial charge in [-0.2, -0.15) is 0 Å². The Bertz CT molecular complexity index is 1750. The molecule has 43 heavy (non-hydrogen) atoms. The molecule has 2 heterocycles. The number of carbonyl (C=O) groups excluding carboxylic acids is 2. The number of nitrogens with zero attached hydrogens (tertiary/aromatic N) is 1. The number of methoxy groups -OCH3 is 2. The fraction of sp³-hybridized carbons (Fsp3) is 0.351. The quantitative estimate of drug-likeness (QED) is 0.222. The summed E-state index contributed by atoms with van der Waals surface area (Å²) in [5.74, 6) is 0.472. The van der Waals surface area contributed by atoms with Crippen LogP contribution in [0.3, 0.4) is 0 Å². The van der Waals surface area contributed by atoms with E-state index in [4.69, 9.17) is 14.2 Å². The minimum absolute atomic E-state index is 0.338. The fourth-order valence-corrected chi connectivity index (χ4v) is 6.72. The van der Waals surface area contributed by atoms with Crippen LogP contribution in [0.25, 0.3) is 33.8 Å². The van der Waals surface area contributed by atoms with E-state index in [0.29, 0.717) is 23.6 Å². The number of hydrogen-bond donors (Lipinski definition) is 0. The van der Waals surface area contributed by atoms with E-state index in [2.05, 4.69) is 28.8 Å². The molecule has 1 aliphatic carbocycles. The number of allylic oxidation sites excluding steroid dienone is 1.